The van der Waals surface area contributed by atoms with Gasteiger partial charge in [-0.25, -0.2) is 4.79 Å². The number of halogens is 1. The van der Waals surface area contributed by atoms with Gasteiger partial charge >= 0.3 is 5.97 Å². The van der Waals surface area contributed by atoms with Crippen LogP contribution in [0.1, 0.15) is 20.2 Å². The van der Waals surface area contributed by atoms with E-state index in [9.17, 15) is 14.4 Å². The number of amides is 2. The minimum absolute atomic E-state index is 0.188. The van der Waals surface area contributed by atoms with Crippen molar-refractivity contribution in [3.63, 3.8) is 0 Å². The third-order valence-corrected chi connectivity index (χ3v) is 5.36. The molecule has 0 saturated carbocycles. The molecular formula is C16H15BrN2O5S. The van der Waals surface area contributed by atoms with E-state index in [4.69, 9.17) is 9.15 Å². The molecule has 0 N–H and O–H groups in total. The van der Waals surface area contributed by atoms with Crippen molar-refractivity contribution >= 4 is 45.1 Å². The highest BCUT2D eigenvalue weighted by Crippen LogP contribution is 2.22. The largest absolute Gasteiger partial charge is 0.459 e. The minimum Gasteiger partial charge on any atom is -0.459 e. The molecular weight excluding hydrogens is 412 g/mol. The van der Waals surface area contributed by atoms with E-state index in [0.717, 1.165) is 3.79 Å². The molecule has 25 heavy (non-hydrogen) atoms. The van der Waals surface area contributed by atoms with E-state index in [0.29, 0.717) is 31.1 Å². The lowest BCUT2D eigenvalue weighted by Gasteiger charge is -2.34. The van der Waals surface area contributed by atoms with Crippen molar-refractivity contribution in [1.29, 1.82) is 0 Å². The molecule has 2 aromatic heterocycles. The summed E-state index contributed by atoms with van der Waals surface area (Å²) in [7, 11) is 0. The predicted octanol–water partition coefficient (Wildman–Crippen LogP) is 2.24. The van der Waals surface area contributed by atoms with Crippen LogP contribution < -0.4 is 0 Å². The molecule has 1 fully saturated rings. The van der Waals surface area contributed by atoms with E-state index in [1.54, 1.807) is 34.1 Å². The van der Waals surface area contributed by atoms with Crippen LogP contribution >= 0.6 is 27.3 Å². The van der Waals surface area contributed by atoms with Gasteiger partial charge in [-0.15, -0.1) is 11.3 Å². The summed E-state index contributed by atoms with van der Waals surface area (Å²) in [4.78, 5) is 39.8. The Bertz CT molecular complexity index is 765. The molecule has 0 unspecified atom stereocenters. The molecule has 7 nitrogen and oxygen atoms in total. The Hall–Kier alpha value is -2.13. The SMILES string of the molecule is O=C(OCC(=O)N1CCN(C(=O)c2ccco2)CC1)c1ccc(Br)s1. The minimum atomic E-state index is -0.518. The van der Waals surface area contributed by atoms with E-state index in [1.807, 2.05) is 0 Å². The second-order valence-electron chi connectivity index (χ2n) is 5.33. The van der Waals surface area contributed by atoms with Gasteiger partial charge in [0.25, 0.3) is 11.8 Å². The highest BCUT2D eigenvalue weighted by Gasteiger charge is 2.26. The molecule has 1 aliphatic heterocycles. The Labute approximate surface area is 156 Å². The fraction of sp³-hybridized carbons (Fsp3) is 0.312. The van der Waals surface area contributed by atoms with Crippen LogP contribution in [-0.2, 0) is 9.53 Å². The summed E-state index contributed by atoms with van der Waals surface area (Å²) in [6.07, 6.45) is 1.45. The summed E-state index contributed by atoms with van der Waals surface area (Å²) in [5.74, 6) is -0.688. The smallest absolute Gasteiger partial charge is 0.348 e. The number of furan rings is 1. The molecule has 1 saturated heterocycles. The number of hydrogen-bond acceptors (Lipinski definition) is 6. The summed E-state index contributed by atoms with van der Waals surface area (Å²) in [6, 6.07) is 6.66. The van der Waals surface area contributed by atoms with Crippen molar-refractivity contribution in [3.05, 3.63) is 45.0 Å². The number of piperazine rings is 1. The Morgan fingerprint density at radius 1 is 1.12 bits per heavy atom. The lowest BCUT2D eigenvalue weighted by Crippen LogP contribution is -2.51. The number of nitrogens with zero attached hydrogens (tertiary/aromatic N) is 2. The summed E-state index contributed by atoms with van der Waals surface area (Å²) in [5, 5.41) is 0. The van der Waals surface area contributed by atoms with Gasteiger partial charge in [-0.1, -0.05) is 0 Å². The number of esters is 1. The molecule has 1 aliphatic rings. The average molecular weight is 427 g/mol. The van der Waals surface area contributed by atoms with Gasteiger partial charge in [0.2, 0.25) is 0 Å². The topological polar surface area (TPSA) is 80.1 Å². The molecule has 3 heterocycles. The molecule has 2 aromatic rings. The second kappa shape index (κ2) is 7.83. The average Bonchev–Trinajstić information content (AvgIpc) is 3.30. The Morgan fingerprint density at radius 2 is 1.84 bits per heavy atom. The molecule has 0 radical (unpaired) electrons. The lowest BCUT2D eigenvalue weighted by atomic mass is 10.3. The maximum absolute atomic E-state index is 12.2. The monoisotopic (exact) mass is 426 g/mol. The number of rotatable bonds is 4. The van der Waals surface area contributed by atoms with Gasteiger partial charge in [0.1, 0.15) is 4.88 Å². The van der Waals surface area contributed by atoms with Gasteiger partial charge in [0, 0.05) is 26.2 Å². The highest BCUT2D eigenvalue weighted by molar-refractivity contribution is 9.11. The molecule has 0 aromatic carbocycles. The molecule has 0 aliphatic carbocycles. The molecule has 132 valence electrons. The molecule has 0 atom stereocenters. The Balaban J connectivity index is 1.45. The Kier molecular flexibility index (Phi) is 5.54. The second-order valence-corrected chi connectivity index (χ2v) is 7.79. The normalized spacial score (nSPS) is 14.4. The summed E-state index contributed by atoms with van der Waals surface area (Å²) < 4.78 is 11.0. The zero-order valence-corrected chi connectivity index (χ0v) is 15.5. The summed E-state index contributed by atoms with van der Waals surface area (Å²) >= 11 is 4.52. The maximum atomic E-state index is 12.2. The van der Waals surface area contributed by atoms with Crippen molar-refractivity contribution in [1.82, 2.24) is 9.80 Å². The predicted molar refractivity (Wildman–Crippen MR) is 93.5 cm³/mol. The van der Waals surface area contributed by atoms with E-state index in [2.05, 4.69) is 15.9 Å². The van der Waals surface area contributed by atoms with Crippen LogP contribution in [0.3, 0.4) is 0 Å². The number of carbonyl (C=O) groups is 3. The number of carbonyl (C=O) groups excluding carboxylic acids is 3. The van der Waals surface area contributed by atoms with Gasteiger partial charge in [-0.2, -0.15) is 0 Å². The first-order chi connectivity index (χ1) is 12.0. The lowest BCUT2D eigenvalue weighted by molar-refractivity contribution is -0.136. The quantitative estimate of drug-likeness (QED) is 0.700. The van der Waals surface area contributed by atoms with Crippen molar-refractivity contribution in [3.8, 4) is 0 Å². The van der Waals surface area contributed by atoms with E-state index < -0.39 is 5.97 Å². The van der Waals surface area contributed by atoms with Crippen LogP contribution in [0, 0.1) is 0 Å². The van der Waals surface area contributed by atoms with Crippen LogP contribution in [0.25, 0.3) is 0 Å². The van der Waals surface area contributed by atoms with Gasteiger partial charge in [-0.3, -0.25) is 9.59 Å². The van der Waals surface area contributed by atoms with Crippen LogP contribution in [0.5, 0.6) is 0 Å². The molecule has 9 heteroatoms. The van der Waals surface area contributed by atoms with E-state index >= 15 is 0 Å². The number of hydrogen-bond donors (Lipinski definition) is 0. The summed E-state index contributed by atoms with van der Waals surface area (Å²) in [6.45, 7) is 1.31. The molecule has 0 bridgehead atoms. The maximum Gasteiger partial charge on any atom is 0.348 e. The highest BCUT2D eigenvalue weighted by atomic mass is 79.9. The van der Waals surface area contributed by atoms with Crippen molar-refractivity contribution in [2.45, 2.75) is 0 Å². The van der Waals surface area contributed by atoms with Gasteiger partial charge < -0.3 is 19.0 Å². The first kappa shape index (κ1) is 17.7. The van der Waals surface area contributed by atoms with E-state index in [1.165, 1.54) is 17.6 Å². The fourth-order valence-corrected chi connectivity index (χ4v) is 3.71. The molecule has 2 amide bonds. The fourth-order valence-electron chi connectivity index (χ4n) is 2.43. The van der Waals surface area contributed by atoms with Crippen LogP contribution in [0.4, 0.5) is 0 Å². The van der Waals surface area contributed by atoms with Crippen molar-refractivity contribution < 1.29 is 23.5 Å². The molecule has 3 rings (SSSR count). The van der Waals surface area contributed by atoms with Crippen molar-refractivity contribution in [2.24, 2.45) is 0 Å². The summed E-state index contributed by atoms with van der Waals surface area (Å²) in [5.41, 5.74) is 0. The van der Waals surface area contributed by atoms with Gasteiger partial charge in [0.05, 0.1) is 10.0 Å². The standard InChI is InChI=1S/C16H15BrN2O5S/c17-13-4-3-12(25-13)16(22)24-10-14(20)18-5-7-19(8-6-18)15(21)11-2-1-9-23-11/h1-4,9H,5-8,10H2. The van der Waals surface area contributed by atoms with Crippen LogP contribution in [0.15, 0.2) is 38.7 Å². The van der Waals surface area contributed by atoms with Gasteiger partial charge in [-0.05, 0) is 40.2 Å². The first-order valence-electron chi connectivity index (χ1n) is 7.57. The third kappa shape index (κ3) is 4.29. The first-order valence-corrected chi connectivity index (χ1v) is 9.18. The zero-order chi connectivity index (χ0) is 17.8. The Morgan fingerprint density at radius 3 is 2.44 bits per heavy atom. The third-order valence-electron chi connectivity index (χ3n) is 3.75. The van der Waals surface area contributed by atoms with Crippen LogP contribution in [0.2, 0.25) is 0 Å². The number of thiophene rings is 1. The van der Waals surface area contributed by atoms with Gasteiger partial charge in [0.15, 0.2) is 12.4 Å². The van der Waals surface area contributed by atoms with Crippen LogP contribution in [-0.4, -0.2) is 60.4 Å². The van der Waals surface area contributed by atoms with Crippen molar-refractivity contribution in [2.75, 3.05) is 32.8 Å². The zero-order valence-electron chi connectivity index (χ0n) is 13.1. The number of ether oxygens (including phenoxy) is 1. The molecule has 0 spiro atoms. The van der Waals surface area contributed by atoms with E-state index in [-0.39, 0.29) is 24.2 Å².